The molecule has 0 radical (unpaired) electrons. The molecule has 1 aromatic carbocycles. The molecule has 4 aromatic rings. The number of aromatic nitrogens is 4. The third-order valence-corrected chi connectivity index (χ3v) is 7.22. The van der Waals surface area contributed by atoms with Gasteiger partial charge < -0.3 is 19.8 Å². The smallest absolute Gasteiger partial charge is 0.248 e. The minimum atomic E-state index is -0.461. The maximum Gasteiger partial charge on any atom is 0.248 e. The number of anilines is 2. The molecule has 1 N–H and O–H groups in total. The number of halogens is 1. The van der Waals surface area contributed by atoms with Gasteiger partial charge in [0.1, 0.15) is 29.8 Å². The van der Waals surface area contributed by atoms with Crippen LogP contribution in [0.3, 0.4) is 0 Å². The summed E-state index contributed by atoms with van der Waals surface area (Å²) in [6.07, 6.45) is 3.74. The van der Waals surface area contributed by atoms with E-state index >= 15 is 0 Å². The van der Waals surface area contributed by atoms with E-state index in [2.05, 4.69) is 14.8 Å². The maximum absolute atomic E-state index is 13.9. The number of hydrogen-bond acceptors (Lipinski definition) is 7. The minimum absolute atomic E-state index is 0.0745. The molecule has 1 atom stereocenters. The summed E-state index contributed by atoms with van der Waals surface area (Å²) in [4.78, 5) is 27.3. The van der Waals surface area contributed by atoms with Gasteiger partial charge in [-0.05, 0) is 54.8 Å². The van der Waals surface area contributed by atoms with E-state index in [0.29, 0.717) is 26.2 Å². The molecule has 0 aliphatic carbocycles. The third kappa shape index (κ3) is 4.48. The van der Waals surface area contributed by atoms with Crippen LogP contribution in [0.1, 0.15) is 24.4 Å². The predicted octanol–water partition coefficient (Wildman–Crippen LogP) is 2.91. The molecular weight excluding hydrogens is 473 g/mol. The van der Waals surface area contributed by atoms with Gasteiger partial charge in [-0.3, -0.25) is 4.79 Å². The summed E-state index contributed by atoms with van der Waals surface area (Å²) in [5.74, 6) is 1.17. The molecule has 0 bridgehead atoms. The largest absolute Gasteiger partial charge is 0.387 e. The normalized spacial score (nSPS) is 18.1. The van der Waals surface area contributed by atoms with Crippen molar-refractivity contribution in [2.24, 2.45) is 0 Å². The highest BCUT2D eigenvalue weighted by Gasteiger charge is 2.28. The van der Waals surface area contributed by atoms with Gasteiger partial charge >= 0.3 is 0 Å². The average Bonchev–Trinajstić information content (AvgIpc) is 3.60. The Labute approximate surface area is 213 Å². The third-order valence-electron chi connectivity index (χ3n) is 7.22. The number of benzene rings is 1. The summed E-state index contributed by atoms with van der Waals surface area (Å²) in [6.45, 7) is 2.78. The van der Waals surface area contributed by atoms with Crippen LogP contribution in [-0.4, -0.2) is 74.8 Å². The van der Waals surface area contributed by atoms with Gasteiger partial charge in [0.25, 0.3) is 0 Å². The number of aliphatic hydroxyl groups is 1. The van der Waals surface area contributed by atoms with Crippen molar-refractivity contribution < 1.29 is 14.3 Å². The number of carbonyl (C=O) groups excluding carboxylic acids is 1. The van der Waals surface area contributed by atoms with E-state index < -0.39 is 6.61 Å². The first-order valence-corrected chi connectivity index (χ1v) is 12.6. The van der Waals surface area contributed by atoms with E-state index in [1.165, 1.54) is 6.07 Å². The molecule has 2 fully saturated rings. The first-order valence-electron chi connectivity index (χ1n) is 12.6. The van der Waals surface area contributed by atoms with Crippen molar-refractivity contribution in [2.45, 2.75) is 18.9 Å². The number of amides is 1. The van der Waals surface area contributed by atoms with Gasteiger partial charge in [0, 0.05) is 32.7 Å². The molecule has 10 heteroatoms. The van der Waals surface area contributed by atoms with Crippen molar-refractivity contribution in [3.05, 3.63) is 72.2 Å². The summed E-state index contributed by atoms with van der Waals surface area (Å²) in [7, 11) is 0. The SMILES string of the molecule is O=C(CO)N1CCN(c2cccc(-c3cnc4ccc(N5CCCC5c5cccc(F)c5)nn34)n2)CC1. The Kier molecular flexibility index (Phi) is 6.17. The summed E-state index contributed by atoms with van der Waals surface area (Å²) in [5.41, 5.74) is 3.23. The molecule has 1 amide bonds. The first-order chi connectivity index (χ1) is 18.1. The first kappa shape index (κ1) is 23.4. The molecule has 37 heavy (non-hydrogen) atoms. The molecule has 190 valence electrons. The second kappa shape index (κ2) is 9.78. The minimum Gasteiger partial charge on any atom is -0.387 e. The summed E-state index contributed by atoms with van der Waals surface area (Å²) in [6, 6.07) is 16.7. The monoisotopic (exact) mass is 501 g/mol. The van der Waals surface area contributed by atoms with Crippen molar-refractivity contribution in [1.82, 2.24) is 24.5 Å². The Morgan fingerprint density at radius 3 is 2.65 bits per heavy atom. The molecule has 2 aliphatic rings. The highest BCUT2D eigenvalue weighted by atomic mass is 19.1. The zero-order chi connectivity index (χ0) is 25.4. The molecule has 0 saturated carbocycles. The van der Waals surface area contributed by atoms with Gasteiger partial charge in [0.05, 0.1) is 17.9 Å². The average molecular weight is 502 g/mol. The van der Waals surface area contributed by atoms with E-state index in [1.54, 1.807) is 23.2 Å². The fourth-order valence-corrected chi connectivity index (χ4v) is 5.32. The van der Waals surface area contributed by atoms with Crippen molar-refractivity contribution in [1.29, 1.82) is 0 Å². The van der Waals surface area contributed by atoms with Crippen LogP contribution in [-0.2, 0) is 4.79 Å². The van der Waals surface area contributed by atoms with Crippen LogP contribution in [0.4, 0.5) is 16.0 Å². The van der Waals surface area contributed by atoms with E-state index in [-0.39, 0.29) is 17.8 Å². The molecule has 0 spiro atoms. The Morgan fingerprint density at radius 2 is 1.84 bits per heavy atom. The van der Waals surface area contributed by atoms with Gasteiger partial charge in [0.15, 0.2) is 5.65 Å². The lowest BCUT2D eigenvalue weighted by Gasteiger charge is -2.35. The number of fused-ring (bicyclic) bond motifs is 1. The zero-order valence-corrected chi connectivity index (χ0v) is 20.4. The molecule has 3 aromatic heterocycles. The lowest BCUT2D eigenvalue weighted by Crippen LogP contribution is -2.49. The molecule has 5 heterocycles. The van der Waals surface area contributed by atoms with Gasteiger partial charge in [-0.1, -0.05) is 18.2 Å². The van der Waals surface area contributed by atoms with E-state index in [1.807, 2.05) is 40.9 Å². The number of hydrogen-bond donors (Lipinski definition) is 1. The quantitative estimate of drug-likeness (QED) is 0.450. The van der Waals surface area contributed by atoms with Crippen molar-refractivity contribution in [2.75, 3.05) is 49.1 Å². The van der Waals surface area contributed by atoms with E-state index in [0.717, 1.165) is 53.6 Å². The highest BCUT2D eigenvalue weighted by Crippen LogP contribution is 2.35. The fourth-order valence-electron chi connectivity index (χ4n) is 5.32. The van der Waals surface area contributed by atoms with Gasteiger partial charge in [0.2, 0.25) is 5.91 Å². The Morgan fingerprint density at radius 1 is 1.00 bits per heavy atom. The topological polar surface area (TPSA) is 90.1 Å². The number of imidazole rings is 1. The number of aliphatic hydroxyl groups excluding tert-OH is 1. The van der Waals surface area contributed by atoms with Gasteiger partial charge in [-0.15, -0.1) is 5.10 Å². The van der Waals surface area contributed by atoms with Crippen LogP contribution in [0.25, 0.3) is 17.0 Å². The number of carbonyl (C=O) groups is 1. The zero-order valence-electron chi connectivity index (χ0n) is 20.4. The van der Waals surface area contributed by atoms with Crippen LogP contribution < -0.4 is 9.80 Å². The van der Waals surface area contributed by atoms with Gasteiger partial charge in [-0.25, -0.2) is 18.9 Å². The summed E-state index contributed by atoms with van der Waals surface area (Å²) >= 11 is 0. The molecule has 9 nitrogen and oxygen atoms in total. The molecule has 2 saturated heterocycles. The number of rotatable bonds is 5. The lowest BCUT2D eigenvalue weighted by molar-refractivity contribution is -0.134. The van der Waals surface area contributed by atoms with Crippen LogP contribution in [0.15, 0.2) is 60.8 Å². The fraction of sp³-hybridized carbons (Fsp3) is 0.333. The van der Waals surface area contributed by atoms with Gasteiger partial charge in [-0.2, -0.15) is 0 Å². The van der Waals surface area contributed by atoms with Crippen LogP contribution in [0, 0.1) is 5.82 Å². The standard InChI is InChI=1S/C27H28FN7O2/c28-20-5-1-4-19(16-20)22-7-3-11-34(22)26-10-9-24-29-17-23(35(24)31-26)21-6-2-8-25(30-21)32-12-14-33(15-13-32)27(37)18-36/h1-2,4-6,8-10,16-17,22,36H,3,7,11-15,18H2. The number of pyridine rings is 1. The second-order valence-electron chi connectivity index (χ2n) is 9.42. The predicted molar refractivity (Wildman–Crippen MR) is 138 cm³/mol. The lowest BCUT2D eigenvalue weighted by atomic mass is 10.0. The Balaban J connectivity index is 1.28. The molecule has 2 aliphatic heterocycles. The van der Waals surface area contributed by atoms with Crippen molar-refractivity contribution in [3.8, 4) is 11.4 Å². The van der Waals surface area contributed by atoms with Crippen LogP contribution in [0.2, 0.25) is 0 Å². The Hall–Kier alpha value is -4.05. The molecular formula is C27H28FN7O2. The number of nitrogens with zero attached hydrogens (tertiary/aromatic N) is 7. The summed E-state index contributed by atoms with van der Waals surface area (Å²) in [5, 5.41) is 14.1. The maximum atomic E-state index is 13.9. The van der Waals surface area contributed by atoms with Crippen LogP contribution in [0.5, 0.6) is 0 Å². The Bertz CT molecular complexity index is 1430. The number of piperazine rings is 1. The highest BCUT2D eigenvalue weighted by molar-refractivity contribution is 5.77. The molecule has 1 unspecified atom stereocenters. The second-order valence-corrected chi connectivity index (χ2v) is 9.42. The van der Waals surface area contributed by atoms with Crippen LogP contribution >= 0.6 is 0 Å². The van der Waals surface area contributed by atoms with E-state index in [4.69, 9.17) is 15.2 Å². The summed E-state index contributed by atoms with van der Waals surface area (Å²) < 4.78 is 15.7. The van der Waals surface area contributed by atoms with E-state index in [9.17, 15) is 9.18 Å². The van der Waals surface area contributed by atoms with Crippen molar-refractivity contribution in [3.63, 3.8) is 0 Å². The van der Waals surface area contributed by atoms with Crippen molar-refractivity contribution >= 4 is 23.2 Å². The molecule has 6 rings (SSSR count).